The molecule has 0 saturated carbocycles. The van der Waals surface area contributed by atoms with Gasteiger partial charge in [0.15, 0.2) is 0 Å². The van der Waals surface area contributed by atoms with Crippen LogP contribution in [0.15, 0.2) is 35.6 Å². The number of methoxy groups -OCH3 is 1. The highest BCUT2D eigenvalue weighted by Crippen LogP contribution is 2.55. The van der Waals surface area contributed by atoms with Gasteiger partial charge in [0.25, 0.3) is 0 Å². The van der Waals surface area contributed by atoms with E-state index in [9.17, 15) is 4.57 Å². The third-order valence-electron chi connectivity index (χ3n) is 3.50. The molecule has 0 aliphatic carbocycles. The molecule has 5 nitrogen and oxygen atoms in total. The van der Waals surface area contributed by atoms with E-state index in [0.717, 1.165) is 11.3 Å². The first kappa shape index (κ1) is 18.1. The van der Waals surface area contributed by atoms with E-state index >= 15 is 0 Å². The van der Waals surface area contributed by atoms with E-state index in [-0.39, 0.29) is 11.6 Å². The van der Waals surface area contributed by atoms with Gasteiger partial charge in [-0.25, -0.2) is 0 Å². The zero-order chi connectivity index (χ0) is 17.1. The first-order valence-electron chi connectivity index (χ1n) is 7.59. The molecule has 1 aromatic carbocycles. The lowest BCUT2D eigenvalue weighted by Gasteiger charge is -2.34. The van der Waals surface area contributed by atoms with Gasteiger partial charge in [-0.15, -0.1) is 0 Å². The van der Waals surface area contributed by atoms with Crippen LogP contribution in [-0.4, -0.2) is 26.5 Å². The summed E-state index contributed by atoms with van der Waals surface area (Å²) in [5, 5.41) is 0. The molecule has 1 fully saturated rings. The van der Waals surface area contributed by atoms with Crippen LogP contribution in [0.4, 0.5) is 0 Å². The van der Waals surface area contributed by atoms with Crippen LogP contribution in [0.2, 0.25) is 0 Å². The Bertz CT molecular complexity index is 600. The SMILES string of the molecule is COc1ccc(OC(CP2(=O)OCC(C)(C)CO2)=C(C)C)cc1. The van der Waals surface area contributed by atoms with Gasteiger partial charge in [0.2, 0.25) is 0 Å². The van der Waals surface area contributed by atoms with Crippen LogP contribution in [0, 0.1) is 5.41 Å². The van der Waals surface area contributed by atoms with Crippen LogP contribution >= 0.6 is 7.60 Å². The minimum Gasteiger partial charge on any atom is -0.497 e. The van der Waals surface area contributed by atoms with E-state index in [1.165, 1.54) is 0 Å². The molecule has 0 aromatic heterocycles. The molecule has 6 heteroatoms. The first-order chi connectivity index (χ1) is 10.7. The van der Waals surface area contributed by atoms with Crippen molar-refractivity contribution in [3.8, 4) is 11.5 Å². The van der Waals surface area contributed by atoms with Crippen LogP contribution in [0.5, 0.6) is 11.5 Å². The summed E-state index contributed by atoms with van der Waals surface area (Å²) in [5.41, 5.74) is 0.823. The Morgan fingerprint density at radius 3 is 2.13 bits per heavy atom. The number of ether oxygens (including phenoxy) is 2. The third-order valence-corrected chi connectivity index (χ3v) is 5.22. The van der Waals surface area contributed by atoms with Gasteiger partial charge in [-0.3, -0.25) is 4.57 Å². The van der Waals surface area contributed by atoms with Gasteiger partial charge < -0.3 is 18.5 Å². The Labute approximate surface area is 138 Å². The van der Waals surface area contributed by atoms with Crippen molar-refractivity contribution in [2.24, 2.45) is 5.41 Å². The predicted molar refractivity (Wildman–Crippen MR) is 90.2 cm³/mol. The highest BCUT2D eigenvalue weighted by molar-refractivity contribution is 7.54. The maximum absolute atomic E-state index is 12.7. The fourth-order valence-electron chi connectivity index (χ4n) is 1.97. The lowest BCUT2D eigenvalue weighted by molar-refractivity contribution is 0.0416. The highest BCUT2D eigenvalue weighted by Gasteiger charge is 2.37. The average Bonchev–Trinajstić information content (AvgIpc) is 2.51. The number of hydrogen-bond donors (Lipinski definition) is 0. The van der Waals surface area contributed by atoms with Crippen molar-refractivity contribution in [1.82, 2.24) is 0 Å². The predicted octanol–water partition coefficient (Wildman–Crippen LogP) is 4.63. The van der Waals surface area contributed by atoms with E-state index < -0.39 is 7.60 Å². The standard InChI is InChI=1S/C17H25O5P/c1-13(2)16(22-15-8-6-14(19-5)7-9-15)10-23(18)20-11-17(3,4)12-21-23/h6-9H,10-12H2,1-5H3. The van der Waals surface area contributed by atoms with E-state index in [4.69, 9.17) is 18.5 Å². The summed E-state index contributed by atoms with van der Waals surface area (Å²) >= 11 is 0. The molecule has 0 amide bonds. The van der Waals surface area contributed by atoms with Gasteiger partial charge in [0.1, 0.15) is 23.4 Å². The Morgan fingerprint density at radius 2 is 1.65 bits per heavy atom. The minimum atomic E-state index is -3.16. The molecule has 128 valence electrons. The lowest BCUT2D eigenvalue weighted by Crippen LogP contribution is -2.30. The number of benzene rings is 1. The second-order valence-electron chi connectivity index (χ2n) is 6.68. The van der Waals surface area contributed by atoms with Gasteiger partial charge in [-0.05, 0) is 43.7 Å². The molecule has 1 heterocycles. The average molecular weight is 340 g/mol. The number of hydrogen-bond acceptors (Lipinski definition) is 5. The lowest BCUT2D eigenvalue weighted by atomic mass is 9.97. The third kappa shape index (κ3) is 5.10. The second kappa shape index (κ2) is 7.08. The van der Waals surface area contributed by atoms with Crippen LogP contribution in [0.25, 0.3) is 0 Å². The molecule has 1 aromatic rings. The van der Waals surface area contributed by atoms with Gasteiger partial charge in [-0.2, -0.15) is 0 Å². The van der Waals surface area contributed by atoms with Crippen LogP contribution < -0.4 is 9.47 Å². The number of rotatable bonds is 5. The molecule has 1 saturated heterocycles. The van der Waals surface area contributed by atoms with Crippen molar-refractivity contribution in [2.45, 2.75) is 27.7 Å². The van der Waals surface area contributed by atoms with Crippen molar-refractivity contribution in [3.05, 3.63) is 35.6 Å². The van der Waals surface area contributed by atoms with E-state index in [2.05, 4.69) is 0 Å². The van der Waals surface area contributed by atoms with Crippen molar-refractivity contribution < 1.29 is 23.1 Å². The summed E-state index contributed by atoms with van der Waals surface area (Å²) in [5.74, 6) is 2.02. The molecule has 0 spiro atoms. The summed E-state index contributed by atoms with van der Waals surface area (Å²) in [4.78, 5) is 0. The molecule has 0 bridgehead atoms. The Hall–Kier alpha value is -1.29. The fourth-order valence-corrected chi connectivity index (χ4v) is 4.05. The Balaban J connectivity index is 2.08. The van der Waals surface area contributed by atoms with Gasteiger partial charge in [0, 0.05) is 5.41 Å². The molecule has 0 radical (unpaired) electrons. The maximum Gasteiger partial charge on any atom is 0.338 e. The first-order valence-corrected chi connectivity index (χ1v) is 9.32. The van der Waals surface area contributed by atoms with E-state index in [1.54, 1.807) is 7.11 Å². The summed E-state index contributed by atoms with van der Waals surface area (Å²) < 4.78 is 34.8. The fraction of sp³-hybridized carbons (Fsp3) is 0.529. The normalized spacial score (nSPS) is 19.0. The highest BCUT2D eigenvalue weighted by atomic mass is 31.2. The molecule has 0 atom stereocenters. The van der Waals surface area contributed by atoms with Crippen molar-refractivity contribution in [3.63, 3.8) is 0 Å². The zero-order valence-electron chi connectivity index (χ0n) is 14.4. The molecule has 0 N–H and O–H groups in total. The van der Waals surface area contributed by atoms with Crippen LogP contribution in [0.1, 0.15) is 27.7 Å². The van der Waals surface area contributed by atoms with Gasteiger partial charge in [-0.1, -0.05) is 13.8 Å². The zero-order valence-corrected chi connectivity index (χ0v) is 15.3. The minimum absolute atomic E-state index is 0.115. The molecular formula is C17H25O5P. The monoisotopic (exact) mass is 340 g/mol. The van der Waals surface area contributed by atoms with Crippen LogP contribution in [0.3, 0.4) is 0 Å². The van der Waals surface area contributed by atoms with Crippen LogP contribution in [-0.2, 0) is 13.6 Å². The van der Waals surface area contributed by atoms with Crippen molar-refractivity contribution in [1.29, 1.82) is 0 Å². The Morgan fingerprint density at radius 1 is 1.13 bits per heavy atom. The molecule has 1 aliphatic heterocycles. The van der Waals surface area contributed by atoms with Gasteiger partial charge in [0.05, 0.1) is 20.3 Å². The topological polar surface area (TPSA) is 54.0 Å². The van der Waals surface area contributed by atoms with Crippen molar-refractivity contribution in [2.75, 3.05) is 26.5 Å². The molecule has 1 aliphatic rings. The molecular weight excluding hydrogens is 315 g/mol. The largest absolute Gasteiger partial charge is 0.497 e. The summed E-state index contributed by atoms with van der Waals surface area (Å²) in [7, 11) is -1.55. The number of allylic oxidation sites excluding steroid dienone is 2. The van der Waals surface area contributed by atoms with E-state index in [1.807, 2.05) is 52.0 Å². The van der Waals surface area contributed by atoms with Gasteiger partial charge >= 0.3 is 7.60 Å². The molecule has 2 rings (SSSR count). The second-order valence-corrected chi connectivity index (χ2v) is 8.74. The smallest absolute Gasteiger partial charge is 0.338 e. The Kier molecular flexibility index (Phi) is 5.56. The summed E-state index contributed by atoms with van der Waals surface area (Å²) in [6.45, 7) is 8.71. The van der Waals surface area contributed by atoms with Crippen molar-refractivity contribution >= 4 is 7.60 Å². The molecule has 23 heavy (non-hydrogen) atoms. The summed E-state index contributed by atoms with van der Waals surface area (Å²) in [6.07, 6.45) is 0.136. The molecule has 0 unspecified atom stereocenters. The summed E-state index contributed by atoms with van der Waals surface area (Å²) in [6, 6.07) is 7.25. The van der Waals surface area contributed by atoms with E-state index in [0.29, 0.717) is 24.7 Å². The quantitative estimate of drug-likeness (QED) is 0.577. The maximum atomic E-state index is 12.7.